The zero-order valence-corrected chi connectivity index (χ0v) is 11.4. The number of hydrogen-bond acceptors (Lipinski definition) is 3. The first-order valence-electron chi connectivity index (χ1n) is 6.86. The van der Waals surface area contributed by atoms with E-state index in [0.717, 1.165) is 29.8 Å². The highest BCUT2D eigenvalue weighted by atomic mass is 16.2. The normalized spacial score (nSPS) is 13.8. The molecule has 3 rings (SSSR count). The highest BCUT2D eigenvalue weighted by molar-refractivity contribution is 6.04. The Morgan fingerprint density at radius 1 is 1.24 bits per heavy atom. The second-order valence-corrected chi connectivity index (χ2v) is 4.97. The number of carbonyl (C=O) groups is 2. The number of aromatic nitrogens is 1. The second-order valence-electron chi connectivity index (χ2n) is 4.97. The molecule has 1 aromatic carbocycles. The summed E-state index contributed by atoms with van der Waals surface area (Å²) in [6.45, 7) is 0. The largest absolute Gasteiger partial charge is 0.326 e. The fourth-order valence-electron chi connectivity index (χ4n) is 2.35. The summed E-state index contributed by atoms with van der Waals surface area (Å²) in [5, 5.41) is 5.72. The summed E-state index contributed by atoms with van der Waals surface area (Å²) in [6, 6.07) is 8.97. The monoisotopic (exact) mass is 281 g/mol. The molecule has 0 radical (unpaired) electrons. The van der Waals surface area contributed by atoms with E-state index in [9.17, 15) is 9.59 Å². The molecule has 0 aliphatic carbocycles. The lowest BCUT2D eigenvalue weighted by Crippen LogP contribution is -2.13. The van der Waals surface area contributed by atoms with Crippen LogP contribution in [0.25, 0.3) is 0 Å². The third kappa shape index (κ3) is 3.08. The molecule has 2 heterocycles. The molecule has 5 heteroatoms. The molecule has 2 aromatic rings. The number of fused-ring (bicyclic) bond motifs is 1. The van der Waals surface area contributed by atoms with E-state index in [0.29, 0.717) is 12.0 Å². The number of amides is 2. The third-order valence-corrected chi connectivity index (χ3v) is 3.41. The molecule has 2 amide bonds. The molecule has 0 spiro atoms. The van der Waals surface area contributed by atoms with Crippen LogP contribution in [0.1, 0.15) is 28.8 Å². The van der Waals surface area contributed by atoms with E-state index in [1.54, 1.807) is 24.4 Å². The summed E-state index contributed by atoms with van der Waals surface area (Å²) in [5.74, 6) is -0.151. The quantitative estimate of drug-likeness (QED) is 0.888. The van der Waals surface area contributed by atoms with Crippen molar-refractivity contribution in [3.63, 3.8) is 0 Å². The minimum atomic E-state index is -0.194. The van der Waals surface area contributed by atoms with Crippen LogP contribution in [0.4, 0.5) is 11.4 Å². The minimum Gasteiger partial charge on any atom is -0.326 e. The Bertz CT molecular complexity index is 683. The van der Waals surface area contributed by atoms with E-state index in [-0.39, 0.29) is 11.8 Å². The molecule has 1 aromatic heterocycles. The van der Waals surface area contributed by atoms with E-state index in [1.165, 1.54) is 6.20 Å². The van der Waals surface area contributed by atoms with Gasteiger partial charge in [0, 0.05) is 30.2 Å². The average Bonchev–Trinajstić information content (AvgIpc) is 2.68. The van der Waals surface area contributed by atoms with Crippen molar-refractivity contribution in [3.05, 3.63) is 53.9 Å². The molecular formula is C16H15N3O2. The fraction of sp³-hybridized carbons (Fsp3) is 0.188. The van der Waals surface area contributed by atoms with Gasteiger partial charge in [0.15, 0.2) is 0 Å². The Kier molecular flexibility index (Phi) is 3.64. The molecule has 0 saturated heterocycles. The smallest absolute Gasteiger partial charge is 0.257 e. The molecule has 0 unspecified atom stereocenters. The molecule has 1 aliphatic rings. The van der Waals surface area contributed by atoms with Crippen molar-refractivity contribution in [1.29, 1.82) is 0 Å². The van der Waals surface area contributed by atoms with E-state index >= 15 is 0 Å². The number of anilines is 2. The van der Waals surface area contributed by atoms with E-state index in [1.807, 2.05) is 12.1 Å². The van der Waals surface area contributed by atoms with Gasteiger partial charge in [0.1, 0.15) is 0 Å². The Morgan fingerprint density at radius 2 is 2.14 bits per heavy atom. The van der Waals surface area contributed by atoms with Crippen LogP contribution in [0.15, 0.2) is 42.7 Å². The summed E-state index contributed by atoms with van der Waals surface area (Å²) in [7, 11) is 0. The standard InChI is InChI=1S/C16H15N3O2/c20-15-5-1-3-11-9-13(6-7-14(11)19-15)18-16(21)12-4-2-8-17-10-12/h2,4,6-10H,1,3,5H2,(H,18,21)(H,19,20). The summed E-state index contributed by atoms with van der Waals surface area (Å²) in [4.78, 5) is 27.5. The van der Waals surface area contributed by atoms with Gasteiger partial charge in [0.05, 0.1) is 5.56 Å². The Labute approximate surface area is 122 Å². The number of nitrogens with one attached hydrogen (secondary N) is 2. The molecule has 106 valence electrons. The van der Waals surface area contributed by atoms with Gasteiger partial charge in [0.25, 0.3) is 5.91 Å². The molecule has 0 bridgehead atoms. The van der Waals surface area contributed by atoms with Gasteiger partial charge in [-0.1, -0.05) is 0 Å². The van der Waals surface area contributed by atoms with Crippen molar-refractivity contribution < 1.29 is 9.59 Å². The van der Waals surface area contributed by atoms with Gasteiger partial charge in [-0.2, -0.15) is 0 Å². The van der Waals surface area contributed by atoms with Crippen molar-refractivity contribution in [1.82, 2.24) is 4.98 Å². The van der Waals surface area contributed by atoms with Crippen molar-refractivity contribution in [3.8, 4) is 0 Å². The maximum atomic E-state index is 12.1. The lowest BCUT2D eigenvalue weighted by atomic mass is 10.1. The molecule has 0 fully saturated rings. The van der Waals surface area contributed by atoms with Crippen LogP contribution in [-0.4, -0.2) is 16.8 Å². The van der Waals surface area contributed by atoms with E-state index < -0.39 is 0 Å². The average molecular weight is 281 g/mol. The predicted molar refractivity (Wildman–Crippen MR) is 80.2 cm³/mol. The van der Waals surface area contributed by atoms with E-state index in [4.69, 9.17) is 0 Å². The molecule has 0 saturated carbocycles. The van der Waals surface area contributed by atoms with Gasteiger partial charge in [-0.15, -0.1) is 0 Å². The topological polar surface area (TPSA) is 71.1 Å². The van der Waals surface area contributed by atoms with Crippen LogP contribution in [-0.2, 0) is 11.2 Å². The Hall–Kier alpha value is -2.69. The molecule has 2 N–H and O–H groups in total. The molecular weight excluding hydrogens is 266 g/mol. The SMILES string of the molecule is O=C1CCCc2cc(NC(=O)c3cccnc3)ccc2N1. The lowest BCUT2D eigenvalue weighted by Gasteiger charge is -2.10. The summed E-state index contributed by atoms with van der Waals surface area (Å²) < 4.78 is 0. The van der Waals surface area contributed by atoms with Gasteiger partial charge in [-0.3, -0.25) is 14.6 Å². The summed E-state index contributed by atoms with van der Waals surface area (Å²) in [6.07, 6.45) is 5.33. The molecule has 5 nitrogen and oxygen atoms in total. The highest BCUT2D eigenvalue weighted by Gasteiger charge is 2.14. The van der Waals surface area contributed by atoms with Crippen LogP contribution in [0.3, 0.4) is 0 Å². The van der Waals surface area contributed by atoms with Crippen molar-refractivity contribution >= 4 is 23.2 Å². The number of hydrogen-bond donors (Lipinski definition) is 2. The Balaban J connectivity index is 1.80. The van der Waals surface area contributed by atoms with Crippen molar-refractivity contribution in [2.75, 3.05) is 10.6 Å². The van der Waals surface area contributed by atoms with Gasteiger partial charge in [-0.25, -0.2) is 0 Å². The number of pyridine rings is 1. The van der Waals surface area contributed by atoms with Crippen LogP contribution in [0, 0.1) is 0 Å². The van der Waals surface area contributed by atoms with Gasteiger partial charge in [-0.05, 0) is 48.7 Å². The number of nitrogens with zero attached hydrogens (tertiary/aromatic N) is 1. The van der Waals surface area contributed by atoms with Crippen molar-refractivity contribution in [2.24, 2.45) is 0 Å². The predicted octanol–water partition coefficient (Wildman–Crippen LogP) is 2.61. The van der Waals surface area contributed by atoms with Crippen LogP contribution < -0.4 is 10.6 Å². The second kappa shape index (κ2) is 5.75. The highest BCUT2D eigenvalue weighted by Crippen LogP contribution is 2.25. The fourth-order valence-corrected chi connectivity index (χ4v) is 2.35. The van der Waals surface area contributed by atoms with Crippen LogP contribution >= 0.6 is 0 Å². The number of carbonyl (C=O) groups excluding carboxylic acids is 2. The number of rotatable bonds is 2. The van der Waals surface area contributed by atoms with Crippen molar-refractivity contribution in [2.45, 2.75) is 19.3 Å². The first-order valence-corrected chi connectivity index (χ1v) is 6.86. The minimum absolute atomic E-state index is 0.0425. The Morgan fingerprint density at radius 3 is 2.95 bits per heavy atom. The maximum Gasteiger partial charge on any atom is 0.257 e. The summed E-state index contributed by atoms with van der Waals surface area (Å²) in [5.41, 5.74) is 3.11. The molecule has 0 atom stereocenters. The van der Waals surface area contributed by atoms with E-state index in [2.05, 4.69) is 15.6 Å². The van der Waals surface area contributed by atoms with Crippen LogP contribution in [0.5, 0.6) is 0 Å². The lowest BCUT2D eigenvalue weighted by molar-refractivity contribution is -0.116. The van der Waals surface area contributed by atoms with Gasteiger partial charge < -0.3 is 10.6 Å². The third-order valence-electron chi connectivity index (χ3n) is 3.41. The zero-order chi connectivity index (χ0) is 14.7. The maximum absolute atomic E-state index is 12.1. The van der Waals surface area contributed by atoms with Crippen LogP contribution in [0.2, 0.25) is 0 Å². The first kappa shape index (κ1) is 13.3. The molecule has 1 aliphatic heterocycles. The summed E-state index contributed by atoms with van der Waals surface area (Å²) >= 11 is 0. The zero-order valence-electron chi connectivity index (χ0n) is 11.4. The number of benzene rings is 1. The van der Waals surface area contributed by atoms with Gasteiger partial charge >= 0.3 is 0 Å². The molecule has 21 heavy (non-hydrogen) atoms. The first-order chi connectivity index (χ1) is 10.2. The number of aryl methyl sites for hydroxylation is 1. The van der Waals surface area contributed by atoms with Gasteiger partial charge in [0.2, 0.25) is 5.91 Å².